The molecule has 0 aromatic heterocycles. The van der Waals surface area contributed by atoms with Gasteiger partial charge in [-0.3, -0.25) is 4.79 Å². The van der Waals surface area contributed by atoms with E-state index in [0.29, 0.717) is 19.8 Å². The summed E-state index contributed by atoms with van der Waals surface area (Å²) >= 11 is 0. The summed E-state index contributed by atoms with van der Waals surface area (Å²) in [6.07, 6.45) is 1.92. The molecule has 2 rings (SSSR count). The van der Waals surface area contributed by atoms with Crippen LogP contribution in [-0.2, 0) is 14.3 Å². The third kappa shape index (κ3) is 1.42. The lowest BCUT2D eigenvalue weighted by Crippen LogP contribution is -2.53. The number of carbonyl (C=O) groups excluding carboxylic acids is 1. The molecular weight excluding hydrogens is 182 g/mol. The predicted molar refractivity (Wildman–Crippen MR) is 50.9 cm³/mol. The average Bonchev–Trinajstić information content (AvgIpc) is 2.62. The second-order valence-corrected chi connectivity index (χ2v) is 4.00. The third-order valence-corrected chi connectivity index (χ3v) is 3.18. The van der Waals surface area contributed by atoms with Crippen LogP contribution in [0, 0.1) is 5.41 Å². The van der Waals surface area contributed by atoms with Crippen molar-refractivity contribution in [2.75, 3.05) is 26.4 Å². The number of carbonyl (C=O) groups is 1. The molecule has 0 bridgehead atoms. The van der Waals surface area contributed by atoms with Crippen LogP contribution in [0.2, 0.25) is 0 Å². The number of fused-ring (bicyclic) bond motifs is 1. The van der Waals surface area contributed by atoms with Crippen molar-refractivity contribution in [1.29, 1.82) is 0 Å². The molecule has 0 aromatic rings. The zero-order valence-electron chi connectivity index (χ0n) is 8.54. The number of nitrogens with one attached hydrogen (secondary N) is 1. The highest BCUT2D eigenvalue weighted by Gasteiger charge is 2.52. The predicted octanol–water partition coefficient (Wildman–Crippen LogP) is 0.318. The van der Waals surface area contributed by atoms with E-state index in [-0.39, 0.29) is 12.0 Å². The Morgan fingerprint density at radius 3 is 3.36 bits per heavy atom. The van der Waals surface area contributed by atoms with Crippen LogP contribution < -0.4 is 5.32 Å². The van der Waals surface area contributed by atoms with Crippen molar-refractivity contribution >= 4 is 5.97 Å². The van der Waals surface area contributed by atoms with Crippen LogP contribution in [0.4, 0.5) is 0 Å². The Hall–Kier alpha value is -0.610. The Morgan fingerprint density at radius 2 is 2.57 bits per heavy atom. The summed E-state index contributed by atoms with van der Waals surface area (Å²) in [5.74, 6) is -0.0882. The van der Waals surface area contributed by atoms with Gasteiger partial charge >= 0.3 is 5.97 Å². The van der Waals surface area contributed by atoms with Crippen molar-refractivity contribution in [3.8, 4) is 0 Å². The number of hydrogen-bond acceptors (Lipinski definition) is 4. The second kappa shape index (κ2) is 3.87. The molecule has 2 fully saturated rings. The molecule has 0 unspecified atom stereocenters. The maximum Gasteiger partial charge on any atom is 0.316 e. The molecule has 14 heavy (non-hydrogen) atoms. The largest absolute Gasteiger partial charge is 0.465 e. The minimum Gasteiger partial charge on any atom is -0.465 e. The van der Waals surface area contributed by atoms with Crippen molar-refractivity contribution in [1.82, 2.24) is 5.32 Å². The van der Waals surface area contributed by atoms with Gasteiger partial charge in [0.25, 0.3) is 0 Å². The summed E-state index contributed by atoms with van der Waals surface area (Å²) in [4.78, 5) is 11.9. The van der Waals surface area contributed by atoms with Gasteiger partial charge in [0.2, 0.25) is 0 Å². The summed E-state index contributed by atoms with van der Waals surface area (Å²) < 4.78 is 10.5. The highest BCUT2D eigenvalue weighted by Crippen LogP contribution is 2.37. The topological polar surface area (TPSA) is 47.6 Å². The molecule has 2 heterocycles. The molecule has 4 nitrogen and oxygen atoms in total. The Kier molecular flexibility index (Phi) is 2.74. The van der Waals surface area contributed by atoms with Crippen LogP contribution in [0.15, 0.2) is 0 Å². The van der Waals surface area contributed by atoms with Crippen LogP contribution in [0.1, 0.15) is 19.8 Å². The van der Waals surface area contributed by atoms with E-state index < -0.39 is 5.41 Å². The van der Waals surface area contributed by atoms with Gasteiger partial charge in [0.15, 0.2) is 0 Å². The number of rotatable bonds is 2. The fourth-order valence-corrected chi connectivity index (χ4v) is 2.38. The lowest BCUT2D eigenvalue weighted by Gasteiger charge is -2.35. The molecule has 2 aliphatic rings. The van der Waals surface area contributed by atoms with Gasteiger partial charge in [0.05, 0.1) is 19.8 Å². The average molecular weight is 199 g/mol. The third-order valence-electron chi connectivity index (χ3n) is 3.18. The summed E-state index contributed by atoms with van der Waals surface area (Å²) in [6, 6.07) is 0.162. The van der Waals surface area contributed by atoms with Gasteiger partial charge < -0.3 is 14.8 Å². The van der Waals surface area contributed by atoms with Gasteiger partial charge in [-0.15, -0.1) is 0 Å². The van der Waals surface area contributed by atoms with E-state index in [2.05, 4.69) is 5.32 Å². The molecule has 4 heteroatoms. The maximum absolute atomic E-state index is 11.9. The molecule has 0 saturated carbocycles. The van der Waals surface area contributed by atoms with Gasteiger partial charge in [0, 0.05) is 6.04 Å². The summed E-state index contributed by atoms with van der Waals surface area (Å²) in [6.45, 7) is 4.43. The van der Waals surface area contributed by atoms with Crippen molar-refractivity contribution < 1.29 is 14.3 Å². The molecule has 2 aliphatic heterocycles. The van der Waals surface area contributed by atoms with Gasteiger partial charge in [-0.05, 0) is 26.3 Å². The van der Waals surface area contributed by atoms with Gasteiger partial charge in [-0.2, -0.15) is 0 Å². The van der Waals surface area contributed by atoms with E-state index in [0.717, 1.165) is 19.4 Å². The first-order chi connectivity index (χ1) is 6.79. The molecule has 0 radical (unpaired) electrons. The first-order valence-electron chi connectivity index (χ1n) is 5.28. The van der Waals surface area contributed by atoms with Crippen LogP contribution in [-0.4, -0.2) is 38.4 Å². The Balaban J connectivity index is 2.13. The van der Waals surface area contributed by atoms with E-state index in [1.54, 1.807) is 0 Å². The van der Waals surface area contributed by atoms with Gasteiger partial charge in [0.1, 0.15) is 5.41 Å². The minimum absolute atomic E-state index is 0.0882. The number of hydrogen-bond donors (Lipinski definition) is 1. The SMILES string of the molecule is CCOC(=O)[C@@]12CCCN[C@H]1COC2. The van der Waals surface area contributed by atoms with Crippen molar-refractivity contribution in [2.45, 2.75) is 25.8 Å². The molecule has 0 aromatic carbocycles. The molecule has 2 saturated heterocycles. The van der Waals surface area contributed by atoms with E-state index >= 15 is 0 Å². The molecule has 80 valence electrons. The monoisotopic (exact) mass is 199 g/mol. The summed E-state index contributed by atoms with van der Waals surface area (Å²) in [7, 11) is 0. The van der Waals surface area contributed by atoms with Crippen LogP contribution in [0.25, 0.3) is 0 Å². The highest BCUT2D eigenvalue weighted by atomic mass is 16.5. The molecule has 0 spiro atoms. The number of esters is 1. The summed E-state index contributed by atoms with van der Waals surface area (Å²) in [5, 5.41) is 3.34. The maximum atomic E-state index is 11.9. The van der Waals surface area contributed by atoms with Crippen LogP contribution in [0.5, 0.6) is 0 Å². The first-order valence-corrected chi connectivity index (χ1v) is 5.28. The van der Waals surface area contributed by atoms with E-state index in [1.165, 1.54) is 0 Å². The zero-order chi connectivity index (χ0) is 10.0. The fraction of sp³-hybridized carbons (Fsp3) is 0.900. The quantitative estimate of drug-likeness (QED) is 0.651. The molecule has 0 amide bonds. The fourth-order valence-electron chi connectivity index (χ4n) is 2.38. The minimum atomic E-state index is -0.395. The van der Waals surface area contributed by atoms with Crippen molar-refractivity contribution in [3.05, 3.63) is 0 Å². The van der Waals surface area contributed by atoms with E-state index in [1.807, 2.05) is 6.92 Å². The van der Waals surface area contributed by atoms with E-state index in [9.17, 15) is 4.79 Å². The molecular formula is C10H17NO3. The normalized spacial score (nSPS) is 36.5. The Morgan fingerprint density at radius 1 is 1.71 bits per heavy atom. The van der Waals surface area contributed by atoms with Crippen LogP contribution >= 0.6 is 0 Å². The lowest BCUT2D eigenvalue weighted by atomic mass is 9.76. The van der Waals surface area contributed by atoms with Crippen molar-refractivity contribution in [2.24, 2.45) is 5.41 Å². The van der Waals surface area contributed by atoms with Crippen molar-refractivity contribution in [3.63, 3.8) is 0 Å². The zero-order valence-corrected chi connectivity index (χ0v) is 8.54. The molecule has 1 N–H and O–H groups in total. The lowest BCUT2D eigenvalue weighted by molar-refractivity contribution is -0.158. The van der Waals surface area contributed by atoms with Crippen LogP contribution in [0.3, 0.4) is 0 Å². The summed E-state index contributed by atoms with van der Waals surface area (Å²) in [5.41, 5.74) is -0.395. The Bertz CT molecular complexity index is 231. The number of piperidine rings is 1. The standard InChI is InChI=1S/C10H17NO3/c1-2-14-9(12)10-4-3-5-11-8(10)6-13-7-10/h8,11H,2-7H2,1H3/t8-,10+/m0/s1. The van der Waals surface area contributed by atoms with Gasteiger partial charge in [-0.1, -0.05) is 0 Å². The van der Waals surface area contributed by atoms with Gasteiger partial charge in [-0.25, -0.2) is 0 Å². The second-order valence-electron chi connectivity index (χ2n) is 4.00. The van der Waals surface area contributed by atoms with E-state index in [4.69, 9.17) is 9.47 Å². The molecule has 0 aliphatic carbocycles. The smallest absolute Gasteiger partial charge is 0.316 e. The molecule has 2 atom stereocenters. The Labute approximate surface area is 84.0 Å². The first kappa shape index (κ1) is 9.93. The number of ether oxygens (including phenoxy) is 2. The highest BCUT2D eigenvalue weighted by molar-refractivity contribution is 5.78.